The number of thioether (sulfide) groups is 1. The predicted molar refractivity (Wildman–Crippen MR) is 138 cm³/mol. The molecule has 7 heteroatoms. The van der Waals surface area contributed by atoms with E-state index in [2.05, 4.69) is 15.6 Å². The van der Waals surface area contributed by atoms with E-state index in [1.54, 1.807) is 6.07 Å². The van der Waals surface area contributed by atoms with E-state index in [0.29, 0.717) is 12.0 Å². The number of thiazole rings is 1. The highest BCUT2D eigenvalue weighted by atomic mass is 32.2. The number of nitrogens with one attached hydrogen (secondary N) is 2. The Morgan fingerprint density at radius 1 is 0.939 bits per heavy atom. The number of carbonyl (C=O) groups is 2. The van der Waals surface area contributed by atoms with Gasteiger partial charge < -0.3 is 10.6 Å². The summed E-state index contributed by atoms with van der Waals surface area (Å²) in [6.45, 7) is 5.98. The Morgan fingerprint density at radius 3 is 2.42 bits per heavy atom. The monoisotopic (exact) mass is 475 g/mol. The molecule has 0 spiro atoms. The van der Waals surface area contributed by atoms with Crippen molar-refractivity contribution >= 4 is 56.5 Å². The van der Waals surface area contributed by atoms with Gasteiger partial charge in [-0.1, -0.05) is 54.1 Å². The van der Waals surface area contributed by atoms with Gasteiger partial charge in [0.05, 0.1) is 15.5 Å². The SMILES string of the molecule is CCC(Sc1nc2ccc(NC(=O)c3cccc(C)c3)cc2s1)C(=O)Nc1ccc(C)cc1. The minimum atomic E-state index is -0.243. The Hall–Kier alpha value is -3.16. The maximum atomic E-state index is 12.8. The zero-order valence-corrected chi connectivity index (χ0v) is 20.3. The van der Waals surface area contributed by atoms with E-state index in [-0.39, 0.29) is 17.1 Å². The fraction of sp³-hybridized carbons (Fsp3) is 0.192. The first-order valence-electron chi connectivity index (χ1n) is 10.7. The Labute approximate surface area is 201 Å². The summed E-state index contributed by atoms with van der Waals surface area (Å²) in [6, 6.07) is 21.0. The first-order valence-corrected chi connectivity index (χ1v) is 12.4. The van der Waals surface area contributed by atoms with Crippen LogP contribution in [0.2, 0.25) is 0 Å². The van der Waals surface area contributed by atoms with Gasteiger partial charge in [-0.2, -0.15) is 0 Å². The van der Waals surface area contributed by atoms with Gasteiger partial charge in [-0.25, -0.2) is 4.98 Å². The second-order valence-electron chi connectivity index (χ2n) is 7.86. The van der Waals surface area contributed by atoms with Crippen molar-refractivity contribution in [3.63, 3.8) is 0 Å². The molecule has 2 amide bonds. The molecule has 3 aromatic carbocycles. The molecule has 0 saturated heterocycles. The molecular weight excluding hydrogens is 450 g/mol. The number of fused-ring (bicyclic) bond motifs is 1. The van der Waals surface area contributed by atoms with Crippen LogP contribution in [0.4, 0.5) is 11.4 Å². The third-order valence-corrected chi connectivity index (χ3v) is 7.61. The van der Waals surface area contributed by atoms with Gasteiger partial charge in [-0.15, -0.1) is 11.3 Å². The number of aryl methyl sites for hydroxylation is 2. The summed E-state index contributed by atoms with van der Waals surface area (Å²) in [5.74, 6) is -0.173. The normalized spacial score (nSPS) is 11.8. The van der Waals surface area contributed by atoms with Gasteiger partial charge in [0.1, 0.15) is 0 Å². The smallest absolute Gasteiger partial charge is 0.255 e. The largest absolute Gasteiger partial charge is 0.325 e. The van der Waals surface area contributed by atoms with Crippen molar-refractivity contribution in [1.29, 1.82) is 0 Å². The van der Waals surface area contributed by atoms with Crippen LogP contribution in [-0.4, -0.2) is 22.0 Å². The summed E-state index contributed by atoms with van der Waals surface area (Å²) in [4.78, 5) is 30.0. The predicted octanol–water partition coefficient (Wildman–Crippen LogP) is 6.67. The fourth-order valence-electron chi connectivity index (χ4n) is 3.32. The molecule has 2 N–H and O–H groups in total. The molecule has 0 aliphatic carbocycles. The molecule has 0 radical (unpaired) electrons. The second-order valence-corrected chi connectivity index (χ2v) is 10.3. The third-order valence-electron chi connectivity index (χ3n) is 5.13. The van der Waals surface area contributed by atoms with Crippen molar-refractivity contribution in [2.45, 2.75) is 36.8 Å². The van der Waals surface area contributed by atoms with E-state index < -0.39 is 0 Å². The van der Waals surface area contributed by atoms with Crippen molar-refractivity contribution in [1.82, 2.24) is 4.98 Å². The Balaban J connectivity index is 1.45. The summed E-state index contributed by atoms with van der Waals surface area (Å²) in [7, 11) is 0. The van der Waals surface area contributed by atoms with Gasteiger partial charge >= 0.3 is 0 Å². The summed E-state index contributed by atoms with van der Waals surface area (Å²) >= 11 is 3.00. The van der Waals surface area contributed by atoms with Gasteiger partial charge in [-0.3, -0.25) is 9.59 Å². The maximum Gasteiger partial charge on any atom is 0.255 e. The number of aromatic nitrogens is 1. The summed E-state index contributed by atoms with van der Waals surface area (Å²) in [5.41, 5.74) is 5.18. The molecule has 0 fully saturated rings. The minimum absolute atomic E-state index is 0.0308. The van der Waals surface area contributed by atoms with E-state index in [9.17, 15) is 9.59 Å². The zero-order valence-electron chi connectivity index (χ0n) is 18.7. The first-order chi connectivity index (χ1) is 15.9. The lowest BCUT2D eigenvalue weighted by molar-refractivity contribution is -0.115. The average Bonchev–Trinajstić information content (AvgIpc) is 3.20. The molecule has 4 rings (SSSR count). The van der Waals surface area contributed by atoms with Crippen LogP contribution in [0.25, 0.3) is 10.2 Å². The van der Waals surface area contributed by atoms with Crippen LogP contribution in [0.1, 0.15) is 34.8 Å². The number of benzene rings is 3. The van der Waals surface area contributed by atoms with Crippen LogP contribution >= 0.6 is 23.1 Å². The van der Waals surface area contributed by atoms with E-state index in [1.165, 1.54) is 23.1 Å². The molecule has 1 heterocycles. The lowest BCUT2D eigenvalue weighted by atomic mass is 10.1. The highest BCUT2D eigenvalue weighted by Crippen LogP contribution is 2.35. The van der Waals surface area contributed by atoms with Gasteiger partial charge in [0, 0.05) is 16.9 Å². The summed E-state index contributed by atoms with van der Waals surface area (Å²) in [6.07, 6.45) is 0.691. The van der Waals surface area contributed by atoms with Crippen molar-refractivity contribution in [3.8, 4) is 0 Å². The lowest BCUT2D eigenvalue weighted by Crippen LogP contribution is -2.24. The molecule has 4 aromatic rings. The van der Waals surface area contributed by atoms with Gasteiger partial charge in [-0.05, 0) is 62.7 Å². The van der Waals surface area contributed by atoms with Crippen LogP contribution in [0.3, 0.4) is 0 Å². The molecule has 5 nitrogen and oxygen atoms in total. The van der Waals surface area contributed by atoms with Gasteiger partial charge in [0.25, 0.3) is 5.91 Å². The topological polar surface area (TPSA) is 71.1 Å². The van der Waals surface area contributed by atoms with E-state index in [1.807, 2.05) is 81.4 Å². The minimum Gasteiger partial charge on any atom is -0.325 e. The van der Waals surface area contributed by atoms with Crippen molar-refractivity contribution < 1.29 is 9.59 Å². The Kier molecular flexibility index (Phi) is 7.11. The van der Waals surface area contributed by atoms with Crippen molar-refractivity contribution in [2.75, 3.05) is 10.6 Å². The van der Waals surface area contributed by atoms with Crippen LogP contribution in [0, 0.1) is 13.8 Å². The molecule has 1 atom stereocenters. The van der Waals surface area contributed by atoms with E-state index in [4.69, 9.17) is 0 Å². The lowest BCUT2D eigenvalue weighted by Gasteiger charge is -2.13. The molecular formula is C26H25N3O2S2. The Bertz CT molecular complexity index is 1300. The maximum absolute atomic E-state index is 12.8. The van der Waals surface area contributed by atoms with E-state index >= 15 is 0 Å². The molecule has 0 aliphatic rings. The fourth-order valence-corrected chi connectivity index (χ4v) is 5.60. The number of amides is 2. The highest BCUT2D eigenvalue weighted by molar-refractivity contribution is 8.02. The average molecular weight is 476 g/mol. The molecule has 168 valence electrons. The van der Waals surface area contributed by atoms with E-state index in [0.717, 1.165) is 37.1 Å². The molecule has 0 bridgehead atoms. The van der Waals surface area contributed by atoms with Gasteiger partial charge in [0.15, 0.2) is 4.34 Å². The number of anilines is 2. The van der Waals surface area contributed by atoms with Gasteiger partial charge in [0.2, 0.25) is 5.91 Å². The molecule has 1 unspecified atom stereocenters. The highest BCUT2D eigenvalue weighted by Gasteiger charge is 2.20. The standard InChI is InChI=1S/C26H25N3O2S2/c1-4-22(25(31)27-19-10-8-16(2)9-11-19)32-26-29-21-13-12-20(15-23(21)33-26)28-24(30)18-7-5-6-17(3)14-18/h5-15,22H,4H2,1-3H3,(H,27,31)(H,28,30). The van der Waals surface area contributed by atoms with Crippen LogP contribution < -0.4 is 10.6 Å². The number of hydrogen-bond acceptors (Lipinski definition) is 5. The summed E-state index contributed by atoms with van der Waals surface area (Å²) in [5, 5.41) is 5.71. The quantitative estimate of drug-likeness (QED) is 0.293. The molecule has 1 aromatic heterocycles. The van der Waals surface area contributed by atoms with Crippen LogP contribution in [-0.2, 0) is 4.79 Å². The molecule has 0 aliphatic heterocycles. The number of rotatable bonds is 7. The zero-order chi connectivity index (χ0) is 23.4. The first kappa shape index (κ1) is 23.0. The van der Waals surface area contributed by atoms with Crippen molar-refractivity contribution in [2.24, 2.45) is 0 Å². The number of hydrogen-bond donors (Lipinski definition) is 2. The Morgan fingerprint density at radius 2 is 1.70 bits per heavy atom. The van der Waals surface area contributed by atoms with Crippen LogP contribution in [0.5, 0.6) is 0 Å². The molecule has 0 saturated carbocycles. The number of nitrogens with zero attached hydrogens (tertiary/aromatic N) is 1. The second kappa shape index (κ2) is 10.2. The summed E-state index contributed by atoms with van der Waals surface area (Å²) < 4.78 is 1.80. The van der Waals surface area contributed by atoms with Crippen molar-refractivity contribution in [3.05, 3.63) is 83.4 Å². The molecule has 33 heavy (non-hydrogen) atoms. The van der Waals surface area contributed by atoms with Crippen LogP contribution in [0.15, 0.2) is 71.1 Å². The third kappa shape index (κ3) is 5.80. The number of carbonyl (C=O) groups excluding carboxylic acids is 2.